The Morgan fingerprint density at radius 1 is 0.600 bits per heavy atom. The Morgan fingerprint density at radius 2 is 1.10 bits per heavy atom. The van der Waals surface area contributed by atoms with Crippen LogP contribution in [0.2, 0.25) is 0 Å². The maximum absolute atomic E-state index is 12.0. The number of allylic oxidation sites excluding steroid dienone is 3. The summed E-state index contributed by atoms with van der Waals surface area (Å²) < 4.78 is 5.45. The maximum Gasteiger partial charge on any atom is 0.306 e. The van der Waals surface area contributed by atoms with Crippen LogP contribution in [0.5, 0.6) is 0 Å². The molecule has 0 aromatic heterocycles. The highest BCUT2D eigenvalue weighted by atomic mass is 16.5. The lowest BCUT2D eigenvalue weighted by Crippen LogP contribution is -2.04. The molecule has 0 rings (SSSR count). The van der Waals surface area contributed by atoms with Crippen molar-refractivity contribution in [2.45, 2.75) is 189 Å². The SMILES string of the molecule is CCCCCCCC/C=C/CCCCCCCC(=O)OC/C=C(\C)CCC[C@H](C)CCC[C@H](C)CCCC(C)C. The van der Waals surface area contributed by atoms with E-state index in [1.807, 2.05) is 0 Å². The van der Waals surface area contributed by atoms with Crippen molar-refractivity contribution in [3.63, 3.8) is 0 Å². The summed E-state index contributed by atoms with van der Waals surface area (Å²) in [5.41, 5.74) is 1.36. The molecule has 0 fully saturated rings. The lowest BCUT2D eigenvalue weighted by molar-refractivity contribution is -0.142. The second kappa shape index (κ2) is 29.4. The summed E-state index contributed by atoms with van der Waals surface area (Å²) in [6.45, 7) is 14.4. The molecule has 0 aliphatic rings. The highest BCUT2D eigenvalue weighted by Gasteiger charge is 2.07. The Morgan fingerprint density at radius 3 is 1.68 bits per heavy atom. The minimum absolute atomic E-state index is 0.0336. The van der Waals surface area contributed by atoms with Gasteiger partial charge >= 0.3 is 5.97 Å². The minimum Gasteiger partial charge on any atom is -0.461 e. The molecule has 0 aromatic rings. The van der Waals surface area contributed by atoms with E-state index in [0.717, 1.165) is 37.0 Å². The zero-order valence-electron chi connectivity index (χ0n) is 28.3. The predicted octanol–water partition coefficient (Wildman–Crippen LogP) is 13.0. The standard InChI is InChI=1S/C38H72O2/c1-7-8-9-10-11-12-13-14-15-16-17-18-19-20-21-31-38(39)40-33-32-37(6)30-24-29-36(5)28-23-27-35(4)26-22-25-34(2)3/h14-15,32,34-36H,7-13,16-31,33H2,1-6H3/b15-14+,37-32+/t35-,36-/m1/s1. The predicted molar refractivity (Wildman–Crippen MR) is 179 cm³/mol. The fourth-order valence-corrected chi connectivity index (χ4v) is 5.50. The van der Waals surface area contributed by atoms with E-state index in [2.05, 4.69) is 59.8 Å². The van der Waals surface area contributed by atoms with Gasteiger partial charge in [-0.1, -0.05) is 149 Å². The monoisotopic (exact) mass is 561 g/mol. The topological polar surface area (TPSA) is 26.3 Å². The Balaban J connectivity index is 3.57. The van der Waals surface area contributed by atoms with Gasteiger partial charge in [0.15, 0.2) is 0 Å². The number of ether oxygens (including phenoxy) is 1. The zero-order chi connectivity index (χ0) is 29.7. The third kappa shape index (κ3) is 29.9. The summed E-state index contributed by atoms with van der Waals surface area (Å²) in [5, 5.41) is 0. The van der Waals surface area contributed by atoms with Gasteiger partial charge in [0.1, 0.15) is 6.61 Å². The molecule has 0 heterocycles. The first kappa shape index (κ1) is 39.0. The molecule has 2 heteroatoms. The molecule has 40 heavy (non-hydrogen) atoms. The summed E-state index contributed by atoms with van der Waals surface area (Å²) in [7, 11) is 0. The van der Waals surface area contributed by atoms with Gasteiger partial charge in [-0.25, -0.2) is 0 Å². The van der Waals surface area contributed by atoms with Crippen molar-refractivity contribution in [3.05, 3.63) is 23.8 Å². The van der Waals surface area contributed by atoms with Gasteiger partial charge < -0.3 is 4.74 Å². The van der Waals surface area contributed by atoms with Crippen LogP contribution in [0, 0.1) is 17.8 Å². The van der Waals surface area contributed by atoms with Crippen LogP contribution < -0.4 is 0 Å². The van der Waals surface area contributed by atoms with E-state index in [1.165, 1.54) is 128 Å². The first-order valence-corrected chi connectivity index (χ1v) is 17.8. The third-order valence-corrected chi connectivity index (χ3v) is 8.46. The molecular weight excluding hydrogens is 488 g/mol. The second-order valence-electron chi connectivity index (χ2n) is 13.4. The quantitative estimate of drug-likeness (QED) is 0.0516. The number of esters is 1. The first-order valence-electron chi connectivity index (χ1n) is 17.8. The van der Waals surface area contributed by atoms with Crippen LogP contribution in [-0.2, 0) is 9.53 Å². The largest absolute Gasteiger partial charge is 0.461 e. The van der Waals surface area contributed by atoms with Gasteiger partial charge in [-0.15, -0.1) is 0 Å². The highest BCUT2D eigenvalue weighted by molar-refractivity contribution is 5.69. The molecule has 236 valence electrons. The fourth-order valence-electron chi connectivity index (χ4n) is 5.50. The lowest BCUT2D eigenvalue weighted by atomic mass is 9.91. The van der Waals surface area contributed by atoms with Gasteiger partial charge in [-0.3, -0.25) is 4.79 Å². The van der Waals surface area contributed by atoms with Crippen molar-refractivity contribution in [1.82, 2.24) is 0 Å². The molecule has 2 atom stereocenters. The van der Waals surface area contributed by atoms with Crippen LogP contribution in [0.3, 0.4) is 0 Å². The molecule has 0 spiro atoms. The summed E-state index contributed by atoms with van der Waals surface area (Å²) >= 11 is 0. The first-order chi connectivity index (χ1) is 19.3. The van der Waals surface area contributed by atoms with E-state index in [1.54, 1.807) is 0 Å². The molecule has 0 saturated carbocycles. The Labute approximate surface area is 252 Å². The minimum atomic E-state index is -0.0336. The zero-order valence-corrected chi connectivity index (χ0v) is 28.3. The van der Waals surface area contributed by atoms with Gasteiger partial charge in [0.05, 0.1) is 0 Å². The van der Waals surface area contributed by atoms with E-state index < -0.39 is 0 Å². The second-order valence-corrected chi connectivity index (χ2v) is 13.4. The summed E-state index contributed by atoms with van der Waals surface area (Å²) in [4.78, 5) is 12.0. The van der Waals surface area contributed by atoms with Crippen LogP contribution in [0.15, 0.2) is 23.8 Å². The van der Waals surface area contributed by atoms with Gasteiger partial charge in [-0.05, 0) is 75.7 Å². The third-order valence-electron chi connectivity index (χ3n) is 8.46. The average Bonchev–Trinajstić information content (AvgIpc) is 2.90. The van der Waals surface area contributed by atoms with Crippen LogP contribution in [0.25, 0.3) is 0 Å². The molecule has 0 bridgehead atoms. The summed E-state index contributed by atoms with van der Waals surface area (Å²) in [6, 6.07) is 0. The van der Waals surface area contributed by atoms with Gasteiger partial charge in [0, 0.05) is 6.42 Å². The van der Waals surface area contributed by atoms with Gasteiger partial charge in [0.25, 0.3) is 0 Å². The maximum atomic E-state index is 12.0. The van der Waals surface area contributed by atoms with Crippen LogP contribution in [0.1, 0.15) is 189 Å². The number of rotatable bonds is 29. The smallest absolute Gasteiger partial charge is 0.306 e. The molecular formula is C38H72O2. The van der Waals surface area contributed by atoms with Crippen molar-refractivity contribution < 1.29 is 9.53 Å². The molecule has 0 aliphatic heterocycles. The number of hydrogen-bond donors (Lipinski definition) is 0. The number of unbranched alkanes of at least 4 members (excludes halogenated alkanes) is 11. The average molecular weight is 561 g/mol. The molecule has 0 N–H and O–H groups in total. The Bertz CT molecular complexity index is 603. The van der Waals surface area contributed by atoms with E-state index in [9.17, 15) is 4.79 Å². The van der Waals surface area contributed by atoms with Crippen molar-refractivity contribution in [2.24, 2.45) is 17.8 Å². The van der Waals surface area contributed by atoms with Gasteiger partial charge in [-0.2, -0.15) is 0 Å². The lowest BCUT2D eigenvalue weighted by Gasteiger charge is -2.15. The molecule has 0 unspecified atom stereocenters. The van der Waals surface area contributed by atoms with Crippen molar-refractivity contribution in [1.29, 1.82) is 0 Å². The summed E-state index contributed by atoms with van der Waals surface area (Å²) in [6.07, 6.45) is 36.1. The van der Waals surface area contributed by atoms with E-state index in [-0.39, 0.29) is 5.97 Å². The highest BCUT2D eigenvalue weighted by Crippen LogP contribution is 2.22. The molecule has 0 saturated heterocycles. The summed E-state index contributed by atoms with van der Waals surface area (Å²) in [5.74, 6) is 2.52. The molecule has 2 nitrogen and oxygen atoms in total. The number of carbonyl (C=O) groups is 1. The van der Waals surface area contributed by atoms with Crippen molar-refractivity contribution >= 4 is 5.97 Å². The number of carbonyl (C=O) groups excluding carboxylic acids is 1. The van der Waals surface area contributed by atoms with Crippen LogP contribution >= 0.6 is 0 Å². The molecule has 0 radical (unpaired) electrons. The van der Waals surface area contributed by atoms with E-state index in [0.29, 0.717) is 13.0 Å². The molecule has 0 amide bonds. The number of hydrogen-bond acceptors (Lipinski definition) is 2. The Hall–Kier alpha value is -1.05. The van der Waals surface area contributed by atoms with Crippen LogP contribution in [-0.4, -0.2) is 12.6 Å². The normalized spacial score (nSPS) is 13.8. The fraction of sp³-hybridized carbons (Fsp3) is 0.868. The van der Waals surface area contributed by atoms with Crippen molar-refractivity contribution in [3.8, 4) is 0 Å². The van der Waals surface area contributed by atoms with Gasteiger partial charge in [0.2, 0.25) is 0 Å². The molecule has 0 aromatic carbocycles. The molecule has 0 aliphatic carbocycles. The van der Waals surface area contributed by atoms with Crippen LogP contribution in [0.4, 0.5) is 0 Å². The van der Waals surface area contributed by atoms with Crippen molar-refractivity contribution in [2.75, 3.05) is 6.61 Å². The Kier molecular flexibility index (Phi) is 28.7. The van der Waals surface area contributed by atoms with E-state index in [4.69, 9.17) is 4.74 Å². The van der Waals surface area contributed by atoms with E-state index >= 15 is 0 Å².